The molecule has 0 aromatic heterocycles. The van der Waals surface area contributed by atoms with E-state index in [9.17, 15) is 4.79 Å². The molecule has 0 fully saturated rings. The standard InChI is InChI=1S/C12H16N2O3/c1-3-12(15)17-9-8-13-14-10-4-6-11(16-2)7-5-10/h4-8,14H,3,9H2,1-2H3. The molecule has 0 spiro atoms. The lowest BCUT2D eigenvalue weighted by atomic mass is 10.3. The van der Waals surface area contributed by atoms with E-state index in [0.717, 1.165) is 11.4 Å². The molecule has 0 saturated heterocycles. The van der Waals surface area contributed by atoms with Gasteiger partial charge in [0.1, 0.15) is 12.4 Å². The molecule has 17 heavy (non-hydrogen) atoms. The molecule has 5 nitrogen and oxygen atoms in total. The smallest absolute Gasteiger partial charge is 0.305 e. The zero-order chi connectivity index (χ0) is 12.5. The third-order valence-electron chi connectivity index (χ3n) is 1.98. The van der Waals surface area contributed by atoms with Gasteiger partial charge in [-0.25, -0.2) is 0 Å². The van der Waals surface area contributed by atoms with Crippen LogP contribution >= 0.6 is 0 Å². The number of hydrazone groups is 1. The Balaban J connectivity index is 2.29. The number of nitrogens with zero attached hydrogens (tertiary/aromatic N) is 1. The fourth-order valence-electron chi connectivity index (χ4n) is 1.06. The van der Waals surface area contributed by atoms with Crippen molar-refractivity contribution in [3.8, 4) is 5.75 Å². The number of nitrogens with one attached hydrogen (secondary N) is 1. The lowest BCUT2D eigenvalue weighted by Crippen LogP contribution is -2.05. The Bertz CT molecular complexity index is 374. The van der Waals surface area contributed by atoms with E-state index < -0.39 is 0 Å². The Morgan fingerprint density at radius 1 is 1.41 bits per heavy atom. The highest BCUT2D eigenvalue weighted by Crippen LogP contribution is 2.14. The summed E-state index contributed by atoms with van der Waals surface area (Å²) < 4.78 is 9.84. The Morgan fingerprint density at radius 2 is 2.12 bits per heavy atom. The summed E-state index contributed by atoms with van der Waals surface area (Å²) in [5, 5.41) is 3.91. The van der Waals surface area contributed by atoms with Gasteiger partial charge in [0, 0.05) is 6.42 Å². The monoisotopic (exact) mass is 236 g/mol. The van der Waals surface area contributed by atoms with Crippen molar-refractivity contribution in [2.45, 2.75) is 13.3 Å². The van der Waals surface area contributed by atoms with Crippen LogP contribution in [0.1, 0.15) is 13.3 Å². The number of ether oxygens (including phenoxy) is 2. The lowest BCUT2D eigenvalue weighted by Gasteiger charge is -2.02. The predicted octanol–water partition coefficient (Wildman–Crippen LogP) is 2.05. The molecule has 0 aliphatic rings. The van der Waals surface area contributed by atoms with Crippen molar-refractivity contribution in [3.63, 3.8) is 0 Å². The van der Waals surface area contributed by atoms with E-state index in [-0.39, 0.29) is 12.6 Å². The molecule has 1 aromatic carbocycles. The molecule has 0 bridgehead atoms. The maximum atomic E-state index is 10.8. The largest absolute Gasteiger partial charge is 0.497 e. The minimum atomic E-state index is -0.235. The van der Waals surface area contributed by atoms with Gasteiger partial charge in [0.25, 0.3) is 0 Å². The Labute approximate surface area is 100 Å². The first-order valence-electron chi connectivity index (χ1n) is 5.33. The summed E-state index contributed by atoms with van der Waals surface area (Å²) >= 11 is 0. The van der Waals surface area contributed by atoms with Gasteiger partial charge in [-0.1, -0.05) is 6.92 Å². The van der Waals surface area contributed by atoms with Gasteiger partial charge >= 0.3 is 5.97 Å². The van der Waals surface area contributed by atoms with Crippen molar-refractivity contribution in [2.75, 3.05) is 19.1 Å². The summed E-state index contributed by atoms with van der Waals surface area (Å²) in [6, 6.07) is 7.34. The van der Waals surface area contributed by atoms with Crippen molar-refractivity contribution in [3.05, 3.63) is 24.3 Å². The molecular formula is C12H16N2O3. The van der Waals surface area contributed by atoms with Crippen LogP contribution in [0.5, 0.6) is 5.75 Å². The van der Waals surface area contributed by atoms with Crippen molar-refractivity contribution < 1.29 is 14.3 Å². The van der Waals surface area contributed by atoms with E-state index in [4.69, 9.17) is 9.47 Å². The van der Waals surface area contributed by atoms with E-state index in [0.29, 0.717) is 6.42 Å². The zero-order valence-electron chi connectivity index (χ0n) is 9.97. The van der Waals surface area contributed by atoms with Crippen molar-refractivity contribution >= 4 is 17.9 Å². The molecule has 1 rings (SSSR count). The van der Waals surface area contributed by atoms with Crippen LogP contribution < -0.4 is 10.2 Å². The van der Waals surface area contributed by atoms with Gasteiger partial charge in [-0.2, -0.15) is 5.10 Å². The lowest BCUT2D eigenvalue weighted by molar-refractivity contribution is -0.141. The van der Waals surface area contributed by atoms with Crippen molar-refractivity contribution in [1.29, 1.82) is 0 Å². The van der Waals surface area contributed by atoms with Crippen LogP contribution in [0.25, 0.3) is 0 Å². The zero-order valence-corrected chi connectivity index (χ0v) is 9.97. The molecule has 0 aliphatic carbocycles. The Kier molecular flexibility index (Phi) is 5.57. The van der Waals surface area contributed by atoms with Crippen LogP contribution in [-0.4, -0.2) is 25.9 Å². The molecule has 5 heteroatoms. The van der Waals surface area contributed by atoms with Gasteiger partial charge in [-0.05, 0) is 24.3 Å². The van der Waals surface area contributed by atoms with Gasteiger partial charge in [0.05, 0.1) is 19.0 Å². The second-order valence-electron chi connectivity index (χ2n) is 3.19. The number of rotatable bonds is 6. The maximum Gasteiger partial charge on any atom is 0.305 e. The molecule has 1 N–H and O–H groups in total. The SMILES string of the molecule is CCC(=O)OCC=NNc1ccc(OC)cc1. The van der Waals surface area contributed by atoms with Crippen LogP contribution in [0.4, 0.5) is 5.69 Å². The average molecular weight is 236 g/mol. The summed E-state index contributed by atoms with van der Waals surface area (Å²) in [5.74, 6) is 0.553. The number of anilines is 1. The van der Waals surface area contributed by atoms with Crippen molar-refractivity contribution in [1.82, 2.24) is 0 Å². The number of esters is 1. The van der Waals surface area contributed by atoms with Crippen LogP contribution in [0, 0.1) is 0 Å². The molecule has 0 saturated carbocycles. The quantitative estimate of drug-likeness (QED) is 0.466. The van der Waals surface area contributed by atoms with E-state index >= 15 is 0 Å². The third kappa shape index (κ3) is 5.01. The van der Waals surface area contributed by atoms with Gasteiger partial charge in [-0.3, -0.25) is 10.2 Å². The molecule has 0 atom stereocenters. The van der Waals surface area contributed by atoms with Crippen LogP contribution in [0.2, 0.25) is 0 Å². The summed E-state index contributed by atoms with van der Waals surface area (Å²) in [4.78, 5) is 10.8. The number of methoxy groups -OCH3 is 1. The topological polar surface area (TPSA) is 59.9 Å². The highest BCUT2D eigenvalue weighted by molar-refractivity contribution is 5.72. The van der Waals surface area contributed by atoms with Crippen LogP contribution in [-0.2, 0) is 9.53 Å². The van der Waals surface area contributed by atoms with Crippen LogP contribution in [0.15, 0.2) is 29.4 Å². The molecular weight excluding hydrogens is 220 g/mol. The maximum absolute atomic E-state index is 10.8. The number of carbonyl (C=O) groups excluding carboxylic acids is 1. The Morgan fingerprint density at radius 3 is 2.71 bits per heavy atom. The highest BCUT2D eigenvalue weighted by atomic mass is 16.5. The highest BCUT2D eigenvalue weighted by Gasteiger charge is 1.94. The molecule has 0 heterocycles. The minimum absolute atomic E-state index is 0.176. The molecule has 0 amide bonds. The first-order valence-corrected chi connectivity index (χ1v) is 5.33. The third-order valence-corrected chi connectivity index (χ3v) is 1.98. The molecule has 0 aliphatic heterocycles. The summed E-state index contributed by atoms with van der Waals surface area (Å²) in [6.07, 6.45) is 1.87. The van der Waals surface area contributed by atoms with Gasteiger partial charge in [0.2, 0.25) is 0 Å². The van der Waals surface area contributed by atoms with Crippen molar-refractivity contribution in [2.24, 2.45) is 5.10 Å². The predicted molar refractivity (Wildman–Crippen MR) is 66.4 cm³/mol. The average Bonchev–Trinajstić information content (AvgIpc) is 2.38. The van der Waals surface area contributed by atoms with E-state index in [1.54, 1.807) is 14.0 Å². The first kappa shape index (κ1) is 13.0. The minimum Gasteiger partial charge on any atom is -0.497 e. The number of benzene rings is 1. The van der Waals surface area contributed by atoms with E-state index in [2.05, 4.69) is 10.5 Å². The van der Waals surface area contributed by atoms with E-state index in [1.165, 1.54) is 6.21 Å². The molecule has 0 radical (unpaired) electrons. The molecule has 92 valence electrons. The first-order chi connectivity index (χ1) is 8.26. The summed E-state index contributed by atoms with van der Waals surface area (Å²) in [6.45, 7) is 1.92. The number of carbonyl (C=O) groups is 1. The second kappa shape index (κ2) is 7.27. The van der Waals surface area contributed by atoms with Gasteiger partial charge in [-0.15, -0.1) is 0 Å². The summed E-state index contributed by atoms with van der Waals surface area (Å²) in [5.41, 5.74) is 3.65. The number of hydrogen-bond donors (Lipinski definition) is 1. The second-order valence-corrected chi connectivity index (χ2v) is 3.19. The van der Waals surface area contributed by atoms with Crippen LogP contribution in [0.3, 0.4) is 0 Å². The normalized spacial score (nSPS) is 10.2. The molecule has 0 unspecified atom stereocenters. The Hall–Kier alpha value is -2.04. The summed E-state index contributed by atoms with van der Waals surface area (Å²) in [7, 11) is 1.61. The van der Waals surface area contributed by atoms with E-state index in [1.807, 2.05) is 24.3 Å². The van der Waals surface area contributed by atoms with Gasteiger partial charge in [0.15, 0.2) is 0 Å². The fourth-order valence-corrected chi connectivity index (χ4v) is 1.06. The molecule has 1 aromatic rings. The number of hydrogen-bond acceptors (Lipinski definition) is 5. The van der Waals surface area contributed by atoms with Gasteiger partial charge < -0.3 is 9.47 Å². The fraction of sp³-hybridized carbons (Fsp3) is 0.333.